The SMILES string of the molecule is CC(C)(C)OC(=O)NCc1ccccc1CC(=O)Oc1ccc([N+](=O)[O-])cc1[N+](=O)[O-]. The van der Waals surface area contributed by atoms with Crippen molar-refractivity contribution in [2.75, 3.05) is 0 Å². The fourth-order valence-corrected chi connectivity index (χ4v) is 2.55. The Bertz CT molecular complexity index is 1010. The molecule has 0 aliphatic heterocycles. The first-order valence-corrected chi connectivity index (χ1v) is 9.13. The van der Waals surface area contributed by atoms with E-state index in [1.165, 1.54) is 0 Å². The van der Waals surface area contributed by atoms with Crippen LogP contribution in [0.15, 0.2) is 42.5 Å². The zero-order valence-electron chi connectivity index (χ0n) is 17.1. The Balaban J connectivity index is 2.11. The van der Waals surface area contributed by atoms with Crippen molar-refractivity contribution in [1.29, 1.82) is 0 Å². The summed E-state index contributed by atoms with van der Waals surface area (Å²) in [5.41, 5.74) is -0.684. The number of ether oxygens (including phenoxy) is 2. The Morgan fingerprint density at radius 3 is 2.23 bits per heavy atom. The number of hydrogen-bond acceptors (Lipinski definition) is 8. The van der Waals surface area contributed by atoms with Gasteiger partial charge >= 0.3 is 17.7 Å². The van der Waals surface area contributed by atoms with E-state index in [1.54, 1.807) is 45.0 Å². The molecule has 0 radical (unpaired) electrons. The summed E-state index contributed by atoms with van der Waals surface area (Å²) in [5.74, 6) is -1.20. The van der Waals surface area contributed by atoms with Crippen LogP contribution in [0.3, 0.4) is 0 Å². The first-order chi connectivity index (χ1) is 14.5. The number of hydrogen-bond donors (Lipinski definition) is 1. The summed E-state index contributed by atoms with van der Waals surface area (Å²) in [6, 6.07) is 9.50. The third kappa shape index (κ3) is 7.07. The summed E-state index contributed by atoms with van der Waals surface area (Å²) in [7, 11) is 0. The predicted molar refractivity (Wildman–Crippen MR) is 109 cm³/mol. The Morgan fingerprint density at radius 1 is 1.00 bits per heavy atom. The lowest BCUT2D eigenvalue weighted by molar-refractivity contribution is -0.394. The van der Waals surface area contributed by atoms with Gasteiger partial charge in [-0.2, -0.15) is 0 Å². The highest BCUT2D eigenvalue weighted by molar-refractivity contribution is 5.77. The number of nitrogens with zero attached hydrogens (tertiary/aromatic N) is 2. The number of nitro benzene ring substituents is 2. The molecule has 0 saturated heterocycles. The van der Waals surface area contributed by atoms with Crippen LogP contribution < -0.4 is 10.1 Å². The first kappa shape index (κ1) is 23.3. The Hall–Kier alpha value is -4.02. The van der Waals surface area contributed by atoms with Crippen molar-refractivity contribution in [2.45, 2.75) is 39.3 Å². The van der Waals surface area contributed by atoms with Crippen LogP contribution in [-0.2, 0) is 22.5 Å². The molecule has 0 atom stereocenters. The average Bonchev–Trinajstić information content (AvgIpc) is 2.65. The normalized spacial score (nSPS) is 10.8. The van der Waals surface area contributed by atoms with Crippen LogP contribution in [0.4, 0.5) is 16.2 Å². The molecule has 0 aliphatic carbocycles. The molecule has 2 aromatic carbocycles. The molecular formula is C20H21N3O8. The van der Waals surface area contributed by atoms with E-state index in [9.17, 15) is 29.8 Å². The molecule has 2 aromatic rings. The van der Waals surface area contributed by atoms with Gasteiger partial charge in [0.2, 0.25) is 5.75 Å². The predicted octanol–water partition coefficient (Wildman–Crippen LogP) is 3.68. The maximum Gasteiger partial charge on any atom is 0.407 e. The maximum atomic E-state index is 12.4. The van der Waals surface area contributed by atoms with Gasteiger partial charge in [-0.1, -0.05) is 24.3 Å². The van der Waals surface area contributed by atoms with Gasteiger partial charge in [0.15, 0.2) is 0 Å². The van der Waals surface area contributed by atoms with Crippen LogP contribution in [0.2, 0.25) is 0 Å². The molecule has 0 spiro atoms. The van der Waals surface area contributed by atoms with Crippen molar-refractivity contribution < 1.29 is 28.9 Å². The highest BCUT2D eigenvalue weighted by Crippen LogP contribution is 2.31. The minimum atomic E-state index is -0.867. The highest BCUT2D eigenvalue weighted by Gasteiger charge is 2.23. The number of amides is 1. The van der Waals surface area contributed by atoms with Gasteiger partial charge in [0.1, 0.15) is 5.60 Å². The zero-order valence-corrected chi connectivity index (χ0v) is 17.1. The summed E-state index contributed by atoms with van der Waals surface area (Å²) in [6.07, 6.45) is -0.855. The van der Waals surface area contributed by atoms with E-state index in [2.05, 4.69) is 5.32 Å². The number of carbonyl (C=O) groups excluding carboxylic acids is 2. The molecule has 0 saturated carbocycles. The number of esters is 1. The average molecular weight is 431 g/mol. The molecule has 0 bridgehead atoms. The molecule has 1 N–H and O–H groups in total. The van der Waals surface area contributed by atoms with E-state index < -0.39 is 44.6 Å². The minimum Gasteiger partial charge on any atom is -0.444 e. The quantitative estimate of drug-likeness (QED) is 0.302. The second-order valence-corrected chi connectivity index (χ2v) is 7.44. The Kier molecular flexibility index (Phi) is 7.24. The smallest absolute Gasteiger partial charge is 0.407 e. The van der Waals surface area contributed by atoms with Crippen LogP contribution in [0.1, 0.15) is 31.9 Å². The monoisotopic (exact) mass is 431 g/mol. The van der Waals surface area contributed by atoms with Gasteiger partial charge in [0.25, 0.3) is 5.69 Å². The lowest BCUT2D eigenvalue weighted by Crippen LogP contribution is -2.32. The molecular weight excluding hydrogens is 410 g/mol. The Morgan fingerprint density at radius 2 is 1.65 bits per heavy atom. The van der Waals surface area contributed by atoms with E-state index in [0.29, 0.717) is 11.1 Å². The molecule has 0 aliphatic rings. The van der Waals surface area contributed by atoms with Gasteiger partial charge in [-0.25, -0.2) is 4.79 Å². The number of rotatable bonds is 7. The molecule has 0 fully saturated rings. The first-order valence-electron chi connectivity index (χ1n) is 9.13. The largest absolute Gasteiger partial charge is 0.444 e. The fraction of sp³-hybridized carbons (Fsp3) is 0.300. The summed E-state index contributed by atoms with van der Waals surface area (Å²) < 4.78 is 10.2. The van der Waals surface area contributed by atoms with Crippen molar-refractivity contribution in [2.24, 2.45) is 0 Å². The molecule has 164 valence electrons. The zero-order chi connectivity index (χ0) is 23.2. The molecule has 2 rings (SSSR count). The van der Waals surface area contributed by atoms with Crippen molar-refractivity contribution in [3.8, 4) is 5.75 Å². The van der Waals surface area contributed by atoms with Gasteiger partial charge in [-0.05, 0) is 38.0 Å². The highest BCUT2D eigenvalue weighted by atomic mass is 16.6. The summed E-state index contributed by atoms with van der Waals surface area (Å²) in [6.45, 7) is 5.28. The summed E-state index contributed by atoms with van der Waals surface area (Å²) in [5, 5.41) is 24.6. The van der Waals surface area contributed by atoms with Crippen LogP contribution in [0.5, 0.6) is 5.75 Å². The van der Waals surface area contributed by atoms with Crippen molar-refractivity contribution >= 4 is 23.4 Å². The van der Waals surface area contributed by atoms with Crippen LogP contribution in [0.25, 0.3) is 0 Å². The van der Waals surface area contributed by atoms with Gasteiger partial charge in [-0.15, -0.1) is 0 Å². The number of carbonyl (C=O) groups is 2. The minimum absolute atomic E-state index is 0.0933. The van der Waals surface area contributed by atoms with Crippen molar-refractivity contribution in [3.63, 3.8) is 0 Å². The van der Waals surface area contributed by atoms with E-state index in [1.807, 2.05) is 0 Å². The molecule has 11 heteroatoms. The summed E-state index contributed by atoms with van der Waals surface area (Å²) >= 11 is 0. The van der Waals surface area contributed by atoms with Crippen LogP contribution in [-0.4, -0.2) is 27.5 Å². The number of alkyl carbamates (subject to hydrolysis) is 1. The molecule has 1 amide bonds. The Labute approximate surface area is 177 Å². The molecule has 31 heavy (non-hydrogen) atoms. The van der Waals surface area contributed by atoms with E-state index in [0.717, 1.165) is 18.2 Å². The van der Waals surface area contributed by atoms with Gasteiger partial charge in [-0.3, -0.25) is 25.0 Å². The lowest BCUT2D eigenvalue weighted by atomic mass is 10.0. The number of nitrogens with one attached hydrogen (secondary N) is 1. The third-order valence-corrected chi connectivity index (χ3v) is 3.85. The summed E-state index contributed by atoms with van der Waals surface area (Å²) in [4.78, 5) is 44.5. The van der Waals surface area contributed by atoms with E-state index in [4.69, 9.17) is 9.47 Å². The number of nitro groups is 2. The third-order valence-electron chi connectivity index (χ3n) is 3.85. The van der Waals surface area contributed by atoms with E-state index in [-0.39, 0.29) is 13.0 Å². The fourth-order valence-electron chi connectivity index (χ4n) is 2.55. The topological polar surface area (TPSA) is 151 Å². The standard InChI is InChI=1S/C20H21N3O8/c1-20(2,3)31-19(25)21-12-14-7-5-4-6-13(14)10-18(24)30-17-9-8-15(22(26)27)11-16(17)23(28)29/h4-9,11H,10,12H2,1-3H3,(H,21,25). The number of non-ortho nitro benzene ring substituents is 1. The molecule has 11 nitrogen and oxygen atoms in total. The molecule has 0 heterocycles. The second kappa shape index (κ2) is 9.65. The maximum absolute atomic E-state index is 12.4. The number of benzene rings is 2. The van der Waals surface area contributed by atoms with E-state index >= 15 is 0 Å². The van der Waals surface area contributed by atoms with Crippen molar-refractivity contribution in [3.05, 3.63) is 73.8 Å². The second-order valence-electron chi connectivity index (χ2n) is 7.44. The van der Waals surface area contributed by atoms with Gasteiger partial charge in [0.05, 0.1) is 22.3 Å². The molecule has 0 unspecified atom stereocenters. The molecule has 0 aromatic heterocycles. The van der Waals surface area contributed by atoms with Crippen molar-refractivity contribution in [1.82, 2.24) is 5.32 Å². The van der Waals surface area contributed by atoms with Gasteiger partial charge < -0.3 is 14.8 Å². The lowest BCUT2D eigenvalue weighted by Gasteiger charge is -2.20. The van der Waals surface area contributed by atoms with Crippen LogP contribution >= 0.6 is 0 Å². The van der Waals surface area contributed by atoms with Crippen LogP contribution in [0, 0.1) is 20.2 Å². The van der Waals surface area contributed by atoms with Gasteiger partial charge in [0, 0.05) is 12.6 Å².